The van der Waals surface area contributed by atoms with Crippen molar-refractivity contribution in [3.8, 4) is 5.75 Å². The third-order valence-electron chi connectivity index (χ3n) is 3.43. The van der Waals surface area contributed by atoms with Crippen molar-refractivity contribution in [2.75, 3.05) is 5.32 Å². The second-order valence-corrected chi connectivity index (χ2v) is 5.45. The number of hydrogen-bond donors (Lipinski definition) is 1. The molecular formula is C16H13ClFNO2. The number of amides is 1. The maximum Gasteiger partial charge on any atom is 0.265 e. The molecule has 2 aromatic carbocycles. The van der Waals surface area contributed by atoms with E-state index in [-0.39, 0.29) is 11.7 Å². The fourth-order valence-corrected chi connectivity index (χ4v) is 2.45. The van der Waals surface area contributed by atoms with E-state index in [0.29, 0.717) is 28.4 Å². The van der Waals surface area contributed by atoms with Crippen LogP contribution in [0.4, 0.5) is 10.1 Å². The molecule has 0 aliphatic carbocycles. The Hall–Kier alpha value is -2.07. The van der Waals surface area contributed by atoms with Gasteiger partial charge in [0.1, 0.15) is 11.6 Å². The topological polar surface area (TPSA) is 38.3 Å². The maximum absolute atomic E-state index is 13.5. The maximum atomic E-state index is 13.5. The highest BCUT2D eigenvalue weighted by atomic mass is 35.5. The van der Waals surface area contributed by atoms with E-state index in [0.717, 1.165) is 5.56 Å². The standard InChI is InChI=1S/C16H13ClFNO2/c1-9-2-4-12(8-13(9)18)19-16(20)15-7-10-6-11(17)3-5-14(10)21-15/h2-6,8,15H,7H2,1H3,(H,19,20)/t15-/m1/s1. The van der Waals surface area contributed by atoms with Gasteiger partial charge in [-0.1, -0.05) is 17.7 Å². The molecule has 0 unspecified atom stereocenters. The number of anilines is 1. The lowest BCUT2D eigenvalue weighted by Gasteiger charge is -2.11. The third-order valence-corrected chi connectivity index (χ3v) is 3.66. The van der Waals surface area contributed by atoms with Crippen molar-refractivity contribution < 1.29 is 13.9 Å². The van der Waals surface area contributed by atoms with E-state index in [4.69, 9.17) is 16.3 Å². The summed E-state index contributed by atoms with van der Waals surface area (Å²) in [6, 6.07) is 9.83. The molecule has 0 saturated heterocycles. The van der Waals surface area contributed by atoms with Gasteiger partial charge in [-0.3, -0.25) is 4.79 Å². The van der Waals surface area contributed by atoms with Crippen molar-refractivity contribution in [1.29, 1.82) is 0 Å². The van der Waals surface area contributed by atoms with Crippen molar-refractivity contribution >= 4 is 23.2 Å². The van der Waals surface area contributed by atoms with Crippen molar-refractivity contribution in [1.82, 2.24) is 0 Å². The van der Waals surface area contributed by atoms with Crippen molar-refractivity contribution in [2.45, 2.75) is 19.4 Å². The number of aryl methyl sites for hydroxylation is 1. The Kier molecular flexibility index (Phi) is 3.55. The van der Waals surface area contributed by atoms with Gasteiger partial charge in [0, 0.05) is 17.1 Å². The lowest BCUT2D eigenvalue weighted by atomic mass is 10.1. The first-order valence-corrected chi connectivity index (χ1v) is 6.93. The van der Waals surface area contributed by atoms with Gasteiger partial charge in [-0.15, -0.1) is 0 Å². The molecule has 3 rings (SSSR count). The van der Waals surface area contributed by atoms with Crippen LogP contribution in [0.1, 0.15) is 11.1 Å². The number of ether oxygens (including phenoxy) is 1. The largest absolute Gasteiger partial charge is 0.480 e. The Morgan fingerprint density at radius 2 is 2.14 bits per heavy atom. The number of nitrogens with one attached hydrogen (secondary N) is 1. The summed E-state index contributed by atoms with van der Waals surface area (Å²) in [5.41, 5.74) is 1.85. The molecule has 5 heteroatoms. The van der Waals surface area contributed by atoms with Crippen LogP contribution < -0.4 is 10.1 Å². The average molecular weight is 306 g/mol. The summed E-state index contributed by atoms with van der Waals surface area (Å²) in [5.74, 6) is 0.00965. The Bertz CT molecular complexity index is 717. The summed E-state index contributed by atoms with van der Waals surface area (Å²) in [6.07, 6.45) is -0.168. The highest BCUT2D eigenvalue weighted by Gasteiger charge is 2.29. The molecule has 1 heterocycles. The van der Waals surface area contributed by atoms with Gasteiger partial charge in [0.15, 0.2) is 6.10 Å². The van der Waals surface area contributed by atoms with E-state index in [1.165, 1.54) is 6.07 Å². The summed E-state index contributed by atoms with van der Waals surface area (Å²) in [6.45, 7) is 1.67. The van der Waals surface area contributed by atoms with Crippen LogP contribution in [0.2, 0.25) is 5.02 Å². The lowest BCUT2D eigenvalue weighted by Crippen LogP contribution is -2.31. The van der Waals surface area contributed by atoms with Crippen molar-refractivity contribution in [2.24, 2.45) is 0 Å². The number of rotatable bonds is 2. The second kappa shape index (κ2) is 5.37. The molecule has 3 nitrogen and oxygen atoms in total. The summed E-state index contributed by atoms with van der Waals surface area (Å²) < 4.78 is 19.1. The zero-order valence-electron chi connectivity index (χ0n) is 11.3. The summed E-state index contributed by atoms with van der Waals surface area (Å²) in [5, 5.41) is 3.27. The molecule has 0 radical (unpaired) electrons. The van der Waals surface area contributed by atoms with E-state index >= 15 is 0 Å². The normalized spacial score (nSPS) is 16.2. The van der Waals surface area contributed by atoms with Crippen LogP contribution >= 0.6 is 11.6 Å². The fraction of sp³-hybridized carbons (Fsp3) is 0.188. The van der Waals surface area contributed by atoms with Gasteiger partial charge in [0.2, 0.25) is 0 Å². The number of hydrogen-bond acceptors (Lipinski definition) is 2. The van der Waals surface area contributed by atoms with E-state index in [2.05, 4.69) is 5.32 Å². The van der Waals surface area contributed by atoms with E-state index in [9.17, 15) is 9.18 Å². The Balaban J connectivity index is 1.71. The number of carbonyl (C=O) groups excluding carboxylic acids is 1. The molecule has 2 aromatic rings. The highest BCUT2D eigenvalue weighted by Crippen LogP contribution is 2.31. The molecule has 1 N–H and O–H groups in total. The third kappa shape index (κ3) is 2.85. The molecule has 1 aliphatic rings. The van der Waals surface area contributed by atoms with Crippen molar-refractivity contribution in [3.05, 3.63) is 58.4 Å². The van der Waals surface area contributed by atoms with Crippen LogP contribution in [0.25, 0.3) is 0 Å². The summed E-state index contributed by atoms with van der Waals surface area (Å²) >= 11 is 5.91. The number of carbonyl (C=O) groups is 1. The van der Waals surface area contributed by atoms with Gasteiger partial charge in [0.05, 0.1) is 0 Å². The zero-order chi connectivity index (χ0) is 15.0. The molecule has 0 bridgehead atoms. The number of benzene rings is 2. The van der Waals surface area contributed by atoms with Crippen LogP contribution in [0.15, 0.2) is 36.4 Å². The van der Waals surface area contributed by atoms with Crippen molar-refractivity contribution in [3.63, 3.8) is 0 Å². The van der Waals surface area contributed by atoms with Crippen LogP contribution in [0.3, 0.4) is 0 Å². The van der Waals surface area contributed by atoms with E-state index < -0.39 is 6.10 Å². The molecule has 0 fully saturated rings. The molecule has 1 amide bonds. The second-order valence-electron chi connectivity index (χ2n) is 5.02. The van der Waals surface area contributed by atoms with Gasteiger partial charge >= 0.3 is 0 Å². The van der Waals surface area contributed by atoms with Crippen LogP contribution in [0.5, 0.6) is 5.75 Å². The van der Waals surface area contributed by atoms with Crippen LogP contribution in [-0.4, -0.2) is 12.0 Å². The molecular weight excluding hydrogens is 293 g/mol. The van der Waals surface area contributed by atoms with Crippen LogP contribution in [0, 0.1) is 12.7 Å². The Morgan fingerprint density at radius 3 is 2.90 bits per heavy atom. The smallest absolute Gasteiger partial charge is 0.265 e. The van der Waals surface area contributed by atoms with Gasteiger partial charge < -0.3 is 10.1 Å². The quantitative estimate of drug-likeness (QED) is 0.918. The summed E-state index contributed by atoms with van der Waals surface area (Å²) in [7, 11) is 0. The summed E-state index contributed by atoms with van der Waals surface area (Å²) in [4.78, 5) is 12.2. The minimum absolute atomic E-state index is 0.300. The number of fused-ring (bicyclic) bond motifs is 1. The monoisotopic (exact) mass is 305 g/mol. The Labute approximate surface area is 126 Å². The van der Waals surface area contributed by atoms with E-state index in [1.807, 2.05) is 0 Å². The lowest BCUT2D eigenvalue weighted by molar-refractivity contribution is -0.122. The minimum Gasteiger partial charge on any atom is -0.480 e. The SMILES string of the molecule is Cc1ccc(NC(=O)[C@H]2Cc3cc(Cl)ccc3O2)cc1F. The molecule has 108 valence electrons. The first-order valence-electron chi connectivity index (χ1n) is 6.55. The molecule has 0 aromatic heterocycles. The molecule has 1 atom stereocenters. The fourth-order valence-electron chi connectivity index (χ4n) is 2.26. The zero-order valence-corrected chi connectivity index (χ0v) is 12.1. The van der Waals surface area contributed by atoms with Gasteiger partial charge in [0.25, 0.3) is 5.91 Å². The number of halogens is 2. The first-order chi connectivity index (χ1) is 10.0. The highest BCUT2D eigenvalue weighted by molar-refractivity contribution is 6.30. The van der Waals surface area contributed by atoms with Gasteiger partial charge in [-0.25, -0.2) is 4.39 Å². The van der Waals surface area contributed by atoms with E-state index in [1.54, 1.807) is 37.3 Å². The average Bonchev–Trinajstić information content (AvgIpc) is 2.86. The molecule has 21 heavy (non-hydrogen) atoms. The van der Waals surface area contributed by atoms with Gasteiger partial charge in [-0.05, 0) is 48.4 Å². The first kappa shape index (κ1) is 13.9. The Morgan fingerprint density at radius 1 is 1.33 bits per heavy atom. The minimum atomic E-state index is -0.622. The molecule has 0 spiro atoms. The molecule has 1 aliphatic heterocycles. The van der Waals surface area contributed by atoms with Gasteiger partial charge in [-0.2, -0.15) is 0 Å². The predicted octanol–water partition coefficient (Wildman–Crippen LogP) is 3.73. The van der Waals surface area contributed by atoms with Crippen LogP contribution in [-0.2, 0) is 11.2 Å². The predicted molar refractivity (Wildman–Crippen MR) is 79.3 cm³/mol. The molecule has 0 saturated carbocycles.